The number of carbonyl (C=O) groups is 2. The largest absolute Gasteiger partial charge is 0.360 e. The first kappa shape index (κ1) is 17.0. The van der Waals surface area contributed by atoms with Crippen molar-refractivity contribution in [2.75, 3.05) is 38.0 Å². The lowest BCUT2D eigenvalue weighted by molar-refractivity contribution is -0.138. The number of hydrogen-bond donors (Lipinski definition) is 1. The number of nitrogens with one attached hydrogen (secondary N) is 1. The average molecular weight is 334 g/mol. The lowest BCUT2D eigenvalue weighted by Gasteiger charge is -2.35. The third-order valence-electron chi connectivity index (χ3n) is 4.87. The van der Waals surface area contributed by atoms with Crippen LogP contribution in [0.4, 0.5) is 5.82 Å². The molecule has 1 aromatic heterocycles. The van der Waals surface area contributed by atoms with Crippen LogP contribution >= 0.6 is 0 Å². The average Bonchev–Trinajstić information content (AvgIpc) is 3.00. The van der Waals surface area contributed by atoms with Gasteiger partial charge in [0, 0.05) is 25.1 Å². The summed E-state index contributed by atoms with van der Waals surface area (Å²) in [6.07, 6.45) is 5.18. The van der Waals surface area contributed by atoms with E-state index in [0.29, 0.717) is 24.0 Å². The van der Waals surface area contributed by atoms with Crippen LogP contribution in [0.15, 0.2) is 10.6 Å². The van der Waals surface area contributed by atoms with Crippen LogP contribution in [-0.4, -0.2) is 59.5 Å². The quantitative estimate of drug-likeness (QED) is 0.906. The second-order valence-corrected chi connectivity index (χ2v) is 6.81. The van der Waals surface area contributed by atoms with Crippen LogP contribution < -0.4 is 5.32 Å². The predicted octanol–water partition coefficient (Wildman–Crippen LogP) is 1.65. The molecule has 1 aromatic rings. The number of rotatable bonds is 4. The number of nitrogens with zero attached hydrogens (tertiary/aromatic N) is 3. The van der Waals surface area contributed by atoms with E-state index in [2.05, 4.69) is 15.4 Å². The van der Waals surface area contributed by atoms with Crippen molar-refractivity contribution < 1.29 is 14.1 Å². The van der Waals surface area contributed by atoms with Gasteiger partial charge in [-0.3, -0.25) is 14.5 Å². The number of hydrogen-bond acceptors (Lipinski definition) is 5. The number of piperidine rings is 2. The summed E-state index contributed by atoms with van der Waals surface area (Å²) in [6.45, 7) is 5.52. The molecule has 3 rings (SSSR count). The van der Waals surface area contributed by atoms with E-state index in [1.54, 1.807) is 13.0 Å². The summed E-state index contributed by atoms with van der Waals surface area (Å²) in [4.78, 5) is 28.7. The Balaban J connectivity index is 1.41. The minimum atomic E-state index is -0.0934. The SMILES string of the molecule is Cc1cc(NC(=O)CN2CCC(C(=O)N3CCCCC3)CC2)no1. The van der Waals surface area contributed by atoms with E-state index in [1.807, 2.05) is 4.90 Å². The van der Waals surface area contributed by atoms with Crippen molar-refractivity contribution >= 4 is 17.6 Å². The topological polar surface area (TPSA) is 78.7 Å². The fraction of sp³-hybridized carbons (Fsp3) is 0.706. The van der Waals surface area contributed by atoms with Crippen molar-refractivity contribution in [3.05, 3.63) is 11.8 Å². The van der Waals surface area contributed by atoms with Crippen molar-refractivity contribution in [1.82, 2.24) is 15.0 Å². The van der Waals surface area contributed by atoms with Crippen LogP contribution in [0.2, 0.25) is 0 Å². The molecule has 1 N–H and O–H groups in total. The van der Waals surface area contributed by atoms with Crippen LogP contribution in [0.25, 0.3) is 0 Å². The van der Waals surface area contributed by atoms with E-state index in [4.69, 9.17) is 4.52 Å². The van der Waals surface area contributed by atoms with Crippen molar-refractivity contribution in [3.63, 3.8) is 0 Å². The number of aryl methyl sites for hydroxylation is 1. The van der Waals surface area contributed by atoms with Gasteiger partial charge in [0.25, 0.3) is 0 Å². The maximum Gasteiger partial charge on any atom is 0.239 e. The minimum Gasteiger partial charge on any atom is -0.360 e. The van der Waals surface area contributed by atoms with Gasteiger partial charge < -0.3 is 14.7 Å². The molecule has 2 amide bonds. The molecule has 2 fully saturated rings. The number of likely N-dealkylation sites (tertiary alicyclic amines) is 2. The van der Waals surface area contributed by atoms with Crippen LogP contribution in [-0.2, 0) is 9.59 Å². The van der Waals surface area contributed by atoms with Gasteiger partial charge in [0.15, 0.2) is 5.82 Å². The predicted molar refractivity (Wildman–Crippen MR) is 89.5 cm³/mol. The third-order valence-corrected chi connectivity index (χ3v) is 4.87. The molecule has 0 unspecified atom stereocenters. The molecule has 24 heavy (non-hydrogen) atoms. The lowest BCUT2D eigenvalue weighted by atomic mass is 9.94. The molecule has 7 heteroatoms. The van der Waals surface area contributed by atoms with E-state index in [0.717, 1.165) is 51.9 Å². The van der Waals surface area contributed by atoms with Gasteiger partial charge in [-0.25, -0.2) is 0 Å². The van der Waals surface area contributed by atoms with E-state index in [9.17, 15) is 9.59 Å². The highest BCUT2D eigenvalue weighted by Crippen LogP contribution is 2.21. The molecule has 0 radical (unpaired) electrons. The van der Waals surface area contributed by atoms with Gasteiger partial charge in [-0.1, -0.05) is 5.16 Å². The van der Waals surface area contributed by atoms with Crippen molar-refractivity contribution in [3.8, 4) is 0 Å². The molecule has 2 aliphatic heterocycles. The number of anilines is 1. The Morgan fingerprint density at radius 2 is 1.92 bits per heavy atom. The van der Waals surface area contributed by atoms with Crippen LogP contribution in [0.5, 0.6) is 0 Å². The summed E-state index contributed by atoms with van der Waals surface area (Å²) in [6, 6.07) is 1.70. The summed E-state index contributed by atoms with van der Waals surface area (Å²) in [5, 5.41) is 6.50. The second-order valence-electron chi connectivity index (χ2n) is 6.81. The number of carbonyl (C=O) groups excluding carboxylic acids is 2. The molecule has 2 aliphatic rings. The third kappa shape index (κ3) is 4.35. The zero-order chi connectivity index (χ0) is 16.9. The van der Waals surface area contributed by atoms with Gasteiger partial charge in [-0.05, 0) is 52.1 Å². The molecule has 0 atom stereocenters. The molecule has 7 nitrogen and oxygen atoms in total. The molecule has 0 saturated carbocycles. The van der Waals surface area contributed by atoms with E-state index in [1.165, 1.54) is 6.42 Å². The van der Waals surface area contributed by atoms with Gasteiger partial charge in [0.2, 0.25) is 11.8 Å². The first-order chi connectivity index (χ1) is 11.6. The Bertz CT molecular complexity index is 572. The van der Waals surface area contributed by atoms with E-state index < -0.39 is 0 Å². The Morgan fingerprint density at radius 3 is 2.54 bits per heavy atom. The summed E-state index contributed by atoms with van der Waals surface area (Å²) in [7, 11) is 0. The Kier molecular flexibility index (Phi) is 5.50. The fourth-order valence-electron chi connectivity index (χ4n) is 3.52. The highest BCUT2D eigenvalue weighted by Gasteiger charge is 2.29. The van der Waals surface area contributed by atoms with Crippen molar-refractivity contribution in [1.29, 1.82) is 0 Å². The summed E-state index contributed by atoms with van der Waals surface area (Å²) >= 11 is 0. The monoisotopic (exact) mass is 334 g/mol. The highest BCUT2D eigenvalue weighted by molar-refractivity contribution is 5.91. The molecule has 0 spiro atoms. The smallest absolute Gasteiger partial charge is 0.239 e. The maximum atomic E-state index is 12.5. The molecule has 0 aromatic carbocycles. The highest BCUT2D eigenvalue weighted by atomic mass is 16.5. The molecule has 3 heterocycles. The van der Waals surface area contributed by atoms with Gasteiger partial charge >= 0.3 is 0 Å². The maximum absolute atomic E-state index is 12.5. The Labute approximate surface area is 142 Å². The summed E-state index contributed by atoms with van der Waals surface area (Å²) < 4.78 is 4.93. The summed E-state index contributed by atoms with van der Waals surface area (Å²) in [5.41, 5.74) is 0. The standard InChI is InChI=1S/C17H26N4O3/c1-13-11-15(19-24-13)18-16(22)12-20-9-5-14(6-10-20)17(23)21-7-3-2-4-8-21/h11,14H,2-10,12H2,1H3,(H,18,19,22). The Morgan fingerprint density at radius 1 is 1.21 bits per heavy atom. The fourth-order valence-corrected chi connectivity index (χ4v) is 3.52. The Hall–Kier alpha value is -1.89. The first-order valence-corrected chi connectivity index (χ1v) is 8.86. The number of aromatic nitrogens is 1. The van der Waals surface area contributed by atoms with Crippen LogP contribution in [0, 0.1) is 12.8 Å². The molecule has 0 aliphatic carbocycles. The zero-order valence-corrected chi connectivity index (χ0v) is 14.3. The van der Waals surface area contributed by atoms with Crippen molar-refractivity contribution in [2.45, 2.75) is 39.0 Å². The van der Waals surface area contributed by atoms with Gasteiger partial charge in [-0.2, -0.15) is 0 Å². The molecular weight excluding hydrogens is 308 g/mol. The van der Waals surface area contributed by atoms with Crippen LogP contribution in [0.3, 0.4) is 0 Å². The van der Waals surface area contributed by atoms with E-state index >= 15 is 0 Å². The lowest BCUT2D eigenvalue weighted by Crippen LogP contribution is -2.45. The second kappa shape index (κ2) is 7.79. The normalized spacial score (nSPS) is 20.1. The summed E-state index contributed by atoms with van der Waals surface area (Å²) in [5.74, 6) is 1.47. The van der Waals surface area contributed by atoms with Crippen molar-refractivity contribution in [2.24, 2.45) is 5.92 Å². The van der Waals surface area contributed by atoms with Crippen LogP contribution in [0.1, 0.15) is 37.9 Å². The molecule has 132 valence electrons. The van der Waals surface area contributed by atoms with Gasteiger partial charge in [-0.15, -0.1) is 0 Å². The molecular formula is C17H26N4O3. The zero-order valence-electron chi connectivity index (χ0n) is 14.3. The van der Waals surface area contributed by atoms with E-state index in [-0.39, 0.29) is 11.8 Å². The minimum absolute atomic E-state index is 0.0934. The van der Waals surface area contributed by atoms with Gasteiger partial charge in [0.05, 0.1) is 6.54 Å². The molecule has 0 bridgehead atoms. The molecule has 2 saturated heterocycles. The number of amides is 2. The first-order valence-electron chi connectivity index (χ1n) is 8.86. The van der Waals surface area contributed by atoms with Gasteiger partial charge in [0.1, 0.15) is 5.76 Å².